The van der Waals surface area contributed by atoms with E-state index in [2.05, 4.69) is 33.1 Å². The number of halogens is 1. The lowest BCUT2D eigenvalue weighted by Crippen LogP contribution is -2.38. The molecule has 0 aromatic heterocycles. The average molecular weight is 309 g/mol. The van der Waals surface area contributed by atoms with Crippen molar-refractivity contribution < 1.29 is 4.74 Å². The smallest absolute Gasteiger partial charge is 0.188 e. The molecule has 0 radical (unpaired) electrons. The van der Waals surface area contributed by atoms with Gasteiger partial charge in [-0.05, 0) is 30.5 Å². The Morgan fingerprint density at radius 2 is 2.06 bits per heavy atom. The molecular weight excluding hydrogens is 292 g/mol. The highest BCUT2D eigenvalue weighted by Gasteiger charge is 2.35. The van der Waals surface area contributed by atoms with Crippen molar-refractivity contribution in [2.24, 2.45) is 10.7 Å². The van der Waals surface area contributed by atoms with Gasteiger partial charge in [0.05, 0.1) is 6.04 Å². The molecule has 1 aliphatic heterocycles. The Morgan fingerprint density at radius 1 is 1.28 bits per heavy atom. The average Bonchev–Trinajstić information content (AvgIpc) is 2.73. The number of ether oxygens (including phenoxy) is 1. The van der Waals surface area contributed by atoms with E-state index in [1.54, 1.807) is 0 Å². The van der Waals surface area contributed by atoms with Crippen LogP contribution in [0, 0.1) is 0 Å². The van der Waals surface area contributed by atoms with Gasteiger partial charge in [0.1, 0.15) is 6.10 Å². The summed E-state index contributed by atoms with van der Waals surface area (Å²) in [5.74, 6) is 0.876. The molecule has 1 aliphatic carbocycles. The maximum Gasteiger partial charge on any atom is 0.188 e. The molecular formula is C14H17BrN2O. The molecule has 0 amide bonds. The molecule has 0 spiro atoms. The summed E-state index contributed by atoms with van der Waals surface area (Å²) in [6.45, 7) is 0. The summed E-state index contributed by atoms with van der Waals surface area (Å²) in [5.41, 5.74) is 7.21. The van der Waals surface area contributed by atoms with Crippen LogP contribution in [0.2, 0.25) is 0 Å². The fraction of sp³-hybridized carbons (Fsp3) is 0.500. The highest BCUT2D eigenvalue weighted by atomic mass is 79.9. The molecule has 2 aliphatic rings. The van der Waals surface area contributed by atoms with Gasteiger partial charge in [0.2, 0.25) is 0 Å². The fourth-order valence-electron chi connectivity index (χ4n) is 2.67. The third kappa shape index (κ3) is 2.59. The number of hydrogen-bond acceptors (Lipinski definition) is 3. The maximum absolute atomic E-state index is 5.97. The minimum atomic E-state index is 0.221. The van der Waals surface area contributed by atoms with E-state index < -0.39 is 0 Å². The van der Waals surface area contributed by atoms with Crippen LogP contribution in [0.15, 0.2) is 33.7 Å². The summed E-state index contributed by atoms with van der Waals surface area (Å²) >= 11 is 3.44. The fourth-order valence-corrected chi connectivity index (χ4v) is 2.94. The minimum absolute atomic E-state index is 0.221. The number of hydrogen-bond donors (Lipinski definition) is 1. The van der Waals surface area contributed by atoms with Crippen LogP contribution < -0.4 is 5.73 Å². The van der Waals surface area contributed by atoms with Crippen LogP contribution in [0.1, 0.15) is 24.8 Å². The van der Waals surface area contributed by atoms with E-state index in [0.717, 1.165) is 36.1 Å². The van der Waals surface area contributed by atoms with Crippen LogP contribution >= 0.6 is 15.9 Å². The van der Waals surface area contributed by atoms with Crippen molar-refractivity contribution >= 4 is 21.8 Å². The number of nitrogens with two attached hydrogens (primary N) is 1. The highest BCUT2D eigenvalue weighted by molar-refractivity contribution is 9.10. The molecule has 3 rings (SSSR count). The number of nitrogens with zero attached hydrogens (tertiary/aromatic N) is 1. The first kappa shape index (κ1) is 12.2. The molecule has 1 heterocycles. The van der Waals surface area contributed by atoms with E-state index in [4.69, 9.17) is 10.5 Å². The third-order valence-corrected chi connectivity index (χ3v) is 4.19. The van der Waals surface area contributed by atoms with Gasteiger partial charge in [0.25, 0.3) is 0 Å². The van der Waals surface area contributed by atoms with E-state index in [0.29, 0.717) is 6.04 Å². The first-order valence-electron chi connectivity index (χ1n) is 6.44. The molecule has 3 atom stereocenters. The zero-order chi connectivity index (χ0) is 12.5. The maximum atomic E-state index is 5.97. The Hall–Kier alpha value is -0.870. The molecule has 3 unspecified atom stereocenters. The molecule has 1 fully saturated rings. The Labute approximate surface area is 116 Å². The van der Waals surface area contributed by atoms with E-state index in [1.165, 1.54) is 5.56 Å². The summed E-state index contributed by atoms with van der Waals surface area (Å²) in [4.78, 5) is 4.69. The van der Waals surface area contributed by atoms with Gasteiger partial charge in [-0.3, -0.25) is 0 Å². The second kappa shape index (κ2) is 5.02. The first-order valence-corrected chi connectivity index (χ1v) is 7.23. The molecule has 96 valence electrons. The highest BCUT2D eigenvalue weighted by Crippen LogP contribution is 2.28. The van der Waals surface area contributed by atoms with Crippen molar-refractivity contribution in [1.29, 1.82) is 0 Å². The van der Waals surface area contributed by atoms with Crippen LogP contribution in [0.25, 0.3) is 0 Å². The molecule has 1 aromatic carbocycles. The van der Waals surface area contributed by atoms with Crippen molar-refractivity contribution in [3.05, 3.63) is 34.3 Å². The number of benzene rings is 1. The van der Waals surface area contributed by atoms with Gasteiger partial charge in [-0.15, -0.1) is 0 Å². The number of rotatable bonds is 2. The monoisotopic (exact) mass is 308 g/mol. The Balaban J connectivity index is 1.66. The van der Waals surface area contributed by atoms with Gasteiger partial charge in [-0.2, -0.15) is 0 Å². The standard InChI is InChI=1S/C14H17BrN2O/c15-10-3-1-9(2-4-10)7-14-17-12-6-5-11(16)8-13(12)18-14/h1-4,11-13H,5-8,16H2. The summed E-state index contributed by atoms with van der Waals surface area (Å²) in [6.07, 6.45) is 4.09. The van der Waals surface area contributed by atoms with Gasteiger partial charge in [-0.1, -0.05) is 28.1 Å². The Morgan fingerprint density at radius 3 is 2.83 bits per heavy atom. The Bertz CT molecular complexity index is 457. The quantitative estimate of drug-likeness (QED) is 0.913. The number of fused-ring (bicyclic) bond motifs is 1. The normalized spacial score (nSPS) is 30.6. The Kier molecular flexibility index (Phi) is 3.39. The zero-order valence-corrected chi connectivity index (χ0v) is 11.8. The molecule has 1 saturated carbocycles. The first-order chi connectivity index (χ1) is 8.70. The van der Waals surface area contributed by atoms with Gasteiger partial charge in [-0.25, -0.2) is 4.99 Å². The van der Waals surface area contributed by atoms with Crippen LogP contribution in [0.5, 0.6) is 0 Å². The molecule has 3 nitrogen and oxygen atoms in total. The largest absolute Gasteiger partial charge is 0.475 e. The molecule has 0 saturated heterocycles. The second-order valence-electron chi connectivity index (χ2n) is 5.12. The SMILES string of the molecule is NC1CCC2N=C(Cc3ccc(Br)cc3)OC2C1. The molecule has 2 N–H and O–H groups in total. The van der Waals surface area contributed by atoms with Crippen molar-refractivity contribution in [1.82, 2.24) is 0 Å². The van der Waals surface area contributed by atoms with Crippen LogP contribution in [0.3, 0.4) is 0 Å². The van der Waals surface area contributed by atoms with Gasteiger partial charge in [0.15, 0.2) is 5.90 Å². The molecule has 1 aromatic rings. The summed E-state index contributed by atoms with van der Waals surface area (Å²) < 4.78 is 7.03. The van der Waals surface area contributed by atoms with Gasteiger partial charge in [0, 0.05) is 23.4 Å². The van der Waals surface area contributed by atoms with Crippen molar-refractivity contribution in [3.63, 3.8) is 0 Å². The molecule has 4 heteroatoms. The molecule has 0 bridgehead atoms. The van der Waals surface area contributed by atoms with Gasteiger partial charge >= 0.3 is 0 Å². The number of aliphatic imine (C=N–C) groups is 1. The van der Waals surface area contributed by atoms with E-state index in [9.17, 15) is 0 Å². The van der Waals surface area contributed by atoms with E-state index in [1.807, 2.05) is 12.1 Å². The third-order valence-electron chi connectivity index (χ3n) is 3.66. The van der Waals surface area contributed by atoms with Gasteiger partial charge < -0.3 is 10.5 Å². The topological polar surface area (TPSA) is 47.6 Å². The van der Waals surface area contributed by atoms with E-state index >= 15 is 0 Å². The predicted molar refractivity (Wildman–Crippen MR) is 75.8 cm³/mol. The molecule has 18 heavy (non-hydrogen) atoms. The van der Waals surface area contributed by atoms with Crippen molar-refractivity contribution in [2.75, 3.05) is 0 Å². The predicted octanol–water partition coefficient (Wildman–Crippen LogP) is 2.67. The summed E-state index contributed by atoms with van der Waals surface area (Å²) in [5, 5.41) is 0. The van der Waals surface area contributed by atoms with Crippen LogP contribution in [-0.4, -0.2) is 24.1 Å². The lowest BCUT2D eigenvalue weighted by molar-refractivity contribution is 0.139. The summed E-state index contributed by atoms with van der Waals surface area (Å²) in [6, 6.07) is 8.93. The van der Waals surface area contributed by atoms with Crippen molar-refractivity contribution in [3.8, 4) is 0 Å². The van der Waals surface area contributed by atoms with Crippen molar-refractivity contribution in [2.45, 2.75) is 43.9 Å². The van der Waals surface area contributed by atoms with Crippen LogP contribution in [-0.2, 0) is 11.2 Å². The lowest BCUT2D eigenvalue weighted by Gasteiger charge is -2.26. The second-order valence-corrected chi connectivity index (χ2v) is 6.04. The lowest BCUT2D eigenvalue weighted by atomic mass is 9.90. The summed E-state index contributed by atoms with van der Waals surface area (Å²) in [7, 11) is 0. The van der Waals surface area contributed by atoms with E-state index in [-0.39, 0.29) is 12.1 Å². The zero-order valence-electron chi connectivity index (χ0n) is 10.2. The van der Waals surface area contributed by atoms with Crippen LogP contribution in [0.4, 0.5) is 0 Å². The minimum Gasteiger partial charge on any atom is -0.475 e.